The third-order valence-electron chi connectivity index (χ3n) is 5.75. The van der Waals surface area contributed by atoms with Crippen molar-refractivity contribution >= 4 is 0 Å². The van der Waals surface area contributed by atoms with Crippen molar-refractivity contribution in [2.24, 2.45) is 23.7 Å². The zero-order valence-corrected chi connectivity index (χ0v) is 11.9. The first-order valence-corrected chi connectivity index (χ1v) is 7.78. The molecule has 0 heterocycles. The van der Waals surface area contributed by atoms with Gasteiger partial charge in [0.25, 0.3) is 0 Å². The minimum absolute atomic E-state index is 0.337. The molecule has 3 unspecified atom stereocenters. The molecule has 17 heavy (non-hydrogen) atoms. The van der Waals surface area contributed by atoms with Gasteiger partial charge in [-0.3, -0.25) is 0 Å². The molecule has 0 radical (unpaired) electrons. The molecule has 0 aliphatic heterocycles. The Kier molecular flexibility index (Phi) is 4.18. The monoisotopic (exact) mass is 238 g/mol. The maximum absolute atomic E-state index is 11.1. The van der Waals surface area contributed by atoms with Crippen LogP contribution < -0.4 is 0 Å². The lowest BCUT2D eigenvalue weighted by Crippen LogP contribution is -2.49. The van der Waals surface area contributed by atoms with E-state index in [-0.39, 0.29) is 5.60 Å². The summed E-state index contributed by atoms with van der Waals surface area (Å²) >= 11 is 0. The minimum Gasteiger partial charge on any atom is -0.389 e. The second-order valence-electron chi connectivity index (χ2n) is 6.90. The topological polar surface area (TPSA) is 20.2 Å². The first kappa shape index (κ1) is 13.4. The molecule has 2 saturated carbocycles. The summed E-state index contributed by atoms with van der Waals surface area (Å²) in [5.41, 5.74) is -0.337. The normalized spacial score (nSPS) is 48.0. The van der Waals surface area contributed by atoms with E-state index < -0.39 is 0 Å². The van der Waals surface area contributed by atoms with E-state index in [9.17, 15) is 5.11 Å². The minimum atomic E-state index is -0.337. The van der Waals surface area contributed by atoms with E-state index in [4.69, 9.17) is 0 Å². The first-order chi connectivity index (χ1) is 8.06. The van der Waals surface area contributed by atoms with E-state index in [2.05, 4.69) is 20.8 Å². The molecule has 1 N–H and O–H groups in total. The maximum atomic E-state index is 11.1. The number of hydrogen-bond acceptors (Lipinski definition) is 1. The molecule has 100 valence electrons. The van der Waals surface area contributed by atoms with Gasteiger partial charge in [0, 0.05) is 0 Å². The summed E-state index contributed by atoms with van der Waals surface area (Å²) in [5, 5.41) is 11.1. The van der Waals surface area contributed by atoms with Crippen molar-refractivity contribution in [2.45, 2.75) is 77.7 Å². The lowest BCUT2D eigenvalue weighted by molar-refractivity contribution is -0.114. The summed E-state index contributed by atoms with van der Waals surface area (Å²) < 4.78 is 0. The van der Waals surface area contributed by atoms with Crippen LogP contribution in [0.3, 0.4) is 0 Å². The molecule has 1 heteroatoms. The Labute approximate surface area is 107 Å². The number of aliphatic hydroxyl groups is 1. The zero-order chi connectivity index (χ0) is 12.5. The lowest BCUT2D eigenvalue weighted by Gasteiger charge is -2.48. The predicted molar refractivity (Wildman–Crippen MR) is 72.9 cm³/mol. The Morgan fingerprint density at radius 2 is 1.65 bits per heavy atom. The van der Waals surface area contributed by atoms with Gasteiger partial charge in [0.15, 0.2) is 0 Å². The Bertz CT molecular complexity index is 242. The van der Waals surface area contributed by atoms with Gasteiger partial charge in [0.2, 0.25) is 0 Å². The van der Waals surface area contributed by atoms with Crippen molar-refractivity contribution in [2.75, 3.05) is 0 Å². The van der Waals surface area contributed by atoms with Crippen LogP contribution in [0, 0.1) is 23.7 Å². The maximum Gasteiger partial charge on any atom is 0.0703 e. The van der Waals surface area contributed by atoms with Crippen LogP contribution >= 0.6 is 0 Å². The van der Waals surface area contributed by atoms with Crippen LogP contribution in [-0.4, -0.2) is 10.7 Å². The fraction of sp³-hybridized carbons (Fsp3) is 1.00. The third-order valence-corrected chi connectivity index (χ3v) is 5.75. The smallest absolute Gasteiger partial charge is 0.0703 e. The van der Waals surface area contributed by atoms with E-state index in [1.165, 1.54) is 44.9 Å². The fourth-order valence-corrected chi connectivity index (χ4v) is 4.29. The van der Waals surface area contributed by atoms with Gasteiger partial charge in [-0.1, -0.05) is 46.5 Å². The van der Waals surface area contributed by atoms with Crippen molar-refractivity contribution < 1.29 is 5.11 Å². The molecular formula is C16H30O. The Balaban J connectivity index is 2.00. The predicted octanol–water partition coefficient (Wildman–Crippen LogP) is 4.39. The summed E-state index contributed by atoms with van der Waals surface area (Å²) in [6.45, 7) is 6.90. The molecule has 1 nitrogen and oxygen atoms in total. The van der Waals surface area contributed by atoms with Crippen LogP contribution in [0.5, 0.6) is 0 Å². The van der Waals surface area contributed by atoms with Gasteiger partial charge >= 0.3 is 0 Å². The van der Waals surface area contributed by atoms with Crippen molar-refractivity contribution in [1.82, 2.24) is 0 Å². The van der Waals surface area contributed by atoms with E-state index in [0.29, 0.717) is 11.8 Å². The van der Waals surface area contributed by atoms with Gasteiger partial charge in [-0.2, -0.15) is 0 Å². The van der Waals surface area contributed by atoms with Crippen molar-refractivity contribution in [1.29, 1.82) is 0 Å². The second-order valence-corrected chi connectivity index (χ2v) is 6.90. The summed E-state index contributed by atoms with van der Waals surface area (Å²) in [5.74, 6) is 2.76. The van der Waals surface area contributed by atoms with Crippen LogP contribution in [0.1, 0.15) is 72.1 Å². The summed E-state index contributed by atoms with van der Waals surface area (Å²) in [6.07, 6.45) is 10.2. The van der Waals surface area contributed by atoms with E-state index >= 15 is 0 Å². The van der Waals surface area contributed by atoms with Crippen LogP contribution in [0.4, 0.5) is 0 Å². The third kappa shape index (κ3) is 2.70. The van der Waals surface area contributed by atoms with Crippen molar-refractivity contribution in [3.8, 4) is 0 Å². The van der Waals surface area contributed by atoms with Gasteiger partial charge in [0.05, 0.1) is 5.60 Å². The standard InChI is InChI=1S/C16H30O/c1-4-14-7-9-15(10-8-14)16(17)11-12(2)5-6-13(16)3/h12-15,17H,4-11H2,1-3H3. The van der Waals surface area contributed by atoms with Gasteiger partial charge in [0.1, 0.15) is 0 Å². The molecule has 0 saturated heterocycles. The number of hydrogen-bond donors (Lipinski definition) is 1. The van der Waals surface area contributed by atoms with Gasteiger partial charge in [-0.25, -0.2) is 0 Å². The van der Waals surface area contributed by atoms with E-state index in [1.54, 1.807) is 0 Å². The molecule has 0 aromatic rings. The van der Waals surface area contributed by atoms with Gasteiger partial charge in [-0.05, 0) is 49.4 Å². The lowest BCUT2D eigenvalue weighted by atomic mass is 9.61. The van der Waals surface area contributed by atoms with Crippen LogP contribution in [0.2, 0.25) is 0 Å². The molecule has 0 bridgehead atoms. The van der Waals surface area contributed by atoms with E-state index in [1.807, 2.05) is 0 Å². The Morgan fingerprint density at radius 3 is 2.24 bits per heavy atom. The molecule has 0 aromatic carbocycles. The van der Waals surface area contributed by atoms with E-state index in [0.717, 1.165) is 18.3 Å². The highest BCUT2D eigenvalue weighted by Crippen LogP contribution is 2.47. The average molecular weight is 238 g/mol. The molecule has 2 rings (SSSR count). The zero-order valence-electron chi connectivity index (χ0n) is 11.9. The molecule has 2 aliphatic carbocycles. The summed E-state index contributed by atoms with van der Waals surface area (Å²) in [4.78, 5) is 0. The molecule has 0 aromatic heterocycles. The van der Waals surface area contributed by atoms with Crippen molar-refractivity contribution in [3.63, 3.8) is 0 Å². The highest BCUT2D eigenvalue weighted by molar-refractivity contribution is 4.96. The quantitative estimate of drug-likeness (QED) is 0.756. The number of rotatable bonds is 2. The van der Waals surface area contributed by atoms with Gasteiger partial charge in [-0.15, -0.1) is 0 Å². The van der Waals surface area contributed by atoms with Gasteiger partial charge < -0.3 is 5.11 Å². The molecule has 0 amide bonds. The molecule has 0 spiro atoms. The highest BCUT2D eigenvalue weighted by Gasteiger charge is 2.45. The Hall–Kier alpha value is -0.0400. The summed E-state index contributed by atoms with van der Waals surface area (Å²) in [6, 6.07) is 0. The molecule has 3 atom stereocenters. The SMILES string of the molecule is CCC1CCC(C2(O)CC(C)CCC2C)CC1. The van der Waals surface area contributed by atoms with Crippen LogP contribution in [0.15, 0.2) is 0 Å². The van der Waals surface area contributed by atoms with Crippen LogP contribution in [0.25, 0.3) is 0 Å². The highest BCUT2D eigenvalue weighted by atomic mass is 16.3. The first-order valence-electron chi connectivity index (χ1n) is 7.78. The molecular weight excluding hydrogens is 208 g/mol. The molecule has 2 fully saturated rings. The summed E-state index contributed by atoms with van der Waals surface area (Å²) in [7, 11) is 0. The molecule has 2 aliphatic rings. The average Bonchev–Trinajstić information content (AvgIpc) is 2.34. The fourth-order valence-electron chi connectivity index (χ4n) is 4.29. The second kappa shape index (κ2) is 5.30. The largest absolute Gasteiger partial charge is 0.389 e. The Morgan fingerprint density at radius 1 is 1.00 bits per heavy atom. The van der Waals surface area contributed by atoms with Crippen molar-refractivity contribution in [3.05, 3.63) is 0 Å². The van der Waals surface area contributed by atoms with Crippen LogP contribution in [-0.2, 0) is 0 Å².